The number of aromatic nitrogens is 3. The number of pyridine rings is 1. The van der Waals surface area contributed by atoms with E-state index in [2.05, 4.69) is 16.0 Å². The number of aliphatic carboxylic acids is 2. The second-order valence-corrected chi connectivity index (χ2v) is 13.4. The maximum atomic E-state index is 12.0. The number of carboxylic acid groups (broad SMARTS) is 2. The highest BCUT2D eigenvalue weighted by atomic mass is 35.5. The standard InChI is InChI=1S/C15H14Cl2N2O3.C11H8ClNO3.C10H11ClO3/c1-5-6-21-12-8-11(9(16)7-10(12)17)19-14(20)22-13(18-19)15(2,3)4;12-8-3-4-9(16-6-10(14)15)11-7(8)2-1-5-13-11;1-6-5-8(11)3-4-9(6)14-7(2)10(12)13/h1,7-8H,6H2,2-4H3;1-5H,6H2,(H,14,15);3-5,7H,1-2H3,(H,12,13). The molecule has 0 aliphatic rings. The molecule has 0 amide bonds. The molecule has 0 radical (unpaired) electrons. The molecule has 0 spiro atoms. The Labute approximate surface area is 318 Å². The van der Waals surface area contributed by atoms with E-state index in [0.29, 0.717) is 44.4 Å². The van der Waals surface area contributed by atoms with Crippen molar-refractivity contribution in [1.29, 1.82) is 0 Å². The van der Waals surface area contributed by atoms with Crippen LogP contribution in [0.1, 0.15) is 39.1 Å². The molecule has 0 saturated carbocycles. The third kappa shape index (κ3) is 11.5. The van der Waals surface area contributed by atoms with Crippen LogP contribution < -0.4 is 20.0 Å². The van der Waals surface area contributed by atoms with Crippen molar-refractivity contribution in [3.05, 3.63) is 103 Å². The minimum absolute atomic E-state index is 0.0434. The van der Waals surface area contributed by atoms with Crippen molar-refractivity contribution >= 4 is 69.2 Å². The molecule has 1 atom stereocenters. The molecule has 2 heterocycles. The summed E-state index contributed by atoms with van der Waals surface area (Å²) in [5, 5.41) is 23.8. The Morgan fingerprint density at radius 3 is 2.25 bits per heavy atom. The topological polar surface area (TPSA) is 163 Å². The van der Waals surface area contributed by atoms with Gasteiger partial charge in [-0.15, -0.1) is 11.5 Å². The van der Waals surface area contributed by atoms with E-state index in [9.17, 15) is 14.4 Å². The summed E-state index contributed by atoms with van der Waals surface area (Å²) < 4.78 is 21.9. The summed E-state index contributed by atoms with van der Waals surface area (Å²) in [5.74, 6) is 1.26. The highest BCUT2D eigenvalue weighted by Gasteiger charge is 2.24. The Balaban J connectivity index is 0.000000217. The summed E-state index contributed by atoms with van der Waals surface area (Å²) in [7, 11) is 0. The minimum atomic E-state index is -1.03. The Bertz CT molecular complexity index is 2150. The molecule has 0 aliphatic carbocycles. The molecule has 52 heavy (non-hydrogen) atoms. The molecule has 0 bridgehead atoms. The molecular formula is C36H33Cl4N3O9. The van der Waals surface area contributed by atoms with E-state index in [4.69, 9.17) is 81.7 Å². The summed E-state index contributed by atoms with van der Waals surface area (Å²) in [6.07, 6.45) is 5.91. The van der Waals surface area contributed by atoms with Gasteiger partial charge in [0.2, 0.25) is 5.89 Å². The zero-order valence-electron chi connectivity index (χ0n) is 28.4. The first-order valence-electron chi connectivity index (χ1n) is 15.1. The summed E-state index contributed by atoms with van der Waals surface area (Å²) >= 11 is 23.9. The van der Waals surface area contributed by atoms with E-state index in [1.165, 1.54) is 19.1 Å². The zero-order valence-corrected chi connectivity index (χ0v) is 31.5. The van der Waals surface area contributed by atoms with E-state index < -0.39 is 35.8 Å². The van der Waals surface area contributed by atoms with E-state index in [1.54, 1.807) is 48.7 Å². The van der Waals surface area contributed by atoms with Crippen molar-refractivity contribution in [2.75, 3.05) is 13.2 Å². The number of ether oxygens (including phenoxy) is 3. The molecule has 0 fully saturated rings. The van der Waals surface area contributed by atoms with Crippen LogP contribution in [0, 0.1) is 19.3 Å². The Hall–Kier alpha value is -4.93. The van der Waals surface area contributed by atoms with Gasteiger partial charge in [-0.05, 0) is 67.9 Å². The quantitative estimate of drug-likeness (QED) is 0.138. The lowest BCUT2D eigenvalue weighted by Gasteiger charge is -2.12. The van der Waals surface area contributed by atoms with Gasteiger partial charge in [0.15, 0.2) is 12.7 Å². The van der Waals surface area contributed by atoms with E-state index in [-0.39, 0.29) is 16.7 Å². The predicted octanol–water partition coefficient (Wildman–Crippen LogP) is 8.29. The number of hydrogen-bond donors (Lipinski definition) is 2. The predicted molar refractivity (Wildman–Crippen MR) is 199 cm³/mol. The van der Waals surface area contributed by atoms with Crippen LogP contribution in [-0.4, -0.2) is 56.2 Å². The number of halogens is 4. The van der Waals surface area contributed by atoms with Gasteiger partial charge in [-0.2, -0.15) is 4.68 Å². The summed E-state index contributed by atoms with van der Waals surface area (Å²) in [5.41, 5.74) is 1.29. The Kier molecular flexibility index (Phi) is 14.8. The summed E-state index contributed by atoms with van der Waals surface area (Å²) in [6, 6.07) is 14.8. The third-order valence-electron chi connectivity index (χ3n) is 6.55. The van der Waals surface area contributed by atoms with Crippen LogP contribution in [0.5, 0.6) is 17.2 Å². The normalized spacial score (nSPS) is 11.2. The van der Waals surface area contributed by atoms with Crippen molar-refractivity contribution in [1.82, 2.24) is 14.8 Å². The van der Waals surface area contributed by atoms with Gasteiger partial charge in [0, 0.05) is 28.1 Å². The van der Waals surface area contributed by atoms with Crippen molar-refractivity contribution < 1.29 is 38.4 Å². The smallest absolute Gasteiger partial charge is 0.442 e. The molecule has 2 N–H and O–H groups in total. The molecule has 16 heteroatoms. The van der Waals surface area contributed by atoms with Crippen LogP contribution in [-0.2, 0) is 15.0 Å². The molecule has 0 aliphatic heterocycles. The monoisotopic (exact) mass is 791 g/mol. The van der Waals surface area contributed by atoms with Crippen molar-refractivity contribution in [2.24, 2.45) is 0 Å². The molecule has 5 rings (SSSR count). The first-order chi connectivity index (χ1) is 24.4. The lowest BCUT2D eigenvalue weighted by atomic mass is 9.97. The Morgan fingerprint density at radius 1 is 0.962 bits per heavy atom. The average molecular weight is 793 g/mol. The fourth-order valence-electron chi connectivity index (χ4n) is 4.00. The van der Waals surface area contributed by atoms with Gasteiger partial charge >= 0.3 is 17.7 Å². The third-order valence-corrected chi connectivity index (χ3v) is 7.71. The summed E-state index contributed by atoms with van der Waals surface area (Å²) in [6.45, 7) is 8.59. The van der Waals surface area contributed by atoms with Crippen molar-refractivity contribution in [2.45, 2.75) is 46.1 Å². The number of rotatable bonds is 9. The Morgan fingerprint density at radius 2 is 1.65 bits per heavy atom. The number of fused-ring (bicyclic) bond motifs is 1. The first kappa shape index (κ1) is 41.5. The van der Waals surface area contributed by atoms with Crippen LogP contribution in [0.4, 0.5) is 0 Å². The number of terminal acetylenes is 1. The van der Waals surface area contributed by atoms with Crippen LogP contribution in [0.15, 0.2) is 70.0 Å². The van der Waals surface area contributed by atoms with Crippen molar-refractivity contribution in [3.8, 4) is 35.3 Å². The van der Waals surface area contributed by atoms with Gasteiger partial charge in [-0.3, -0.25) is 4.98 Å². The number of benzene rings is 3. The van der Waals surface area contributed by atoms with Gasteiger partial charge in [-0.1, -0.05) is 73.1 Å². The molecule has 1 unspecified atom stereocenters. The van der Waals surface area contributed by atoms with Crippen LogP contribution in [0.2, 0.25) is 20.1 Å². The molecule has 274 valence electrons. The van der Waals surface area contributed by atoms with Gasteiger partial charge < -0.3 is 28.8 Å². The van der Waals surface area contributed by atoms with Gasteiger partial charge in [0.25, 0.3) is 0 Å². The molecule has 12 nitrogen and oxygen atoms in total. The van der Waals surface area contributed by atoms with E-state index >= 15 is 0 Å². The minimum Gasteiger partial charge on any atom is -0.480 e. The van der Waals surface area contributed by atoms with Crippen LogP contribution in [0.25, 0.3) is 16.6 Å². The number of carboxylic acids is 2. The maximum Gasteiger partial charge on any atom is 0.442 e. The largest absolute Gasteiger partial charge is 0.480 e. The molecule has 3 aromatic carbocycles. The lowest BCUT2D eigenvalue weighted by molar-refractivity contribution is -0.144. The number of hydrogen-bond acceptors (Lipinski definition) is 9. The fourth-order valence-corrected chi connectivity index (χ4v) is 4.96. The molecule has 0 saturated heterocycles. The molecule has 2 aromatic heterocycles. The second-order valence-electron chi connectivity index (χ2n) is 11.7. The zero-order chi connectivity index (χ0) is 38.7. The van der Waals surface area contributed by atoms with E-state index in [1.807, 2.05) is 27.7 Å². The maximum absolute atomic E-state index is 12.0. The molecular weight excluding hydrogens is 760 g/mol. The van der Waals surface area contributed by atoms with Crippen molar-refractivity contribution in [3.63, 3.8) is 0 Å². The fraction of sp³-hybridized carbons (Fsp3) is 0.250. The van der Waals surface area contributed by atoms with E-state index in [0.717, 1.165) is 15.6 Å². The van der Waals surface area contributed by atoms with Crippen LogP contribution >= 0.6 is 46.4 Å². The lowest BCUT2D eigenvalue weighted by Crippen LogP contribution is -2.23. The highest BCUT2D eigenvalue weighted by Crippen LogP contribution is 2.33. The number of carbonyl (C=O) groups is 2. The number of nitrogens with zero attached hydrogens (tertiary/aromatic N) is 3. The second kappa shape index (κ2) is 18.5. The average Bonchev–Trinajstić information content (AvgIpc) is 3.48. The van der Waals surface area contributed by atoms with Gasteiger partial charge in [0.1, 0.15) is 29.4 Å². The van der Waals surface area contributed by atoms with Gasteiger partial charge in [0.05, 0.1) is 20.8 Å². The number of aryl methyl sites for hydroxylation is 1. The highest BCUT2D eigenvalue weighted by molar-refractivity contribution is 6.36. The summed E-state index contributed by atoms with van der Waals surface area (Å²) in [4.78, 5) is 37.1. The van der Waals surface area contributed by atoms with Gasteiger partial charge in [-0.25, -0.2) is 14.4 Å². The van der Waals surface area contributed by atoms with Crippen LogP contribution in [0.3, 0.4) is 0 Å². The first-order valence-corrected chi connectivity index (χ1v) is 16.6. The SMILES string of the molecule is C#CCOc1cc(-n2nc(C(C)(C)C)oc2=O)c(Cl)cc1Cl.Cc1cc(Cl)ccc1OC(C)C(=O)O.O=C(O)COc1ccc(Cl)c2cccnc12. The molecule has 5 aromatic rings.